The van der Waals surface area contributed by atoms with E-state index in [-0.39, 0.29) is 5.97 Å². The smallest absolute Gasteiger partial charge is 0.334 e. The van der Waals surface area contributed by atoms with Crippen LogP contribution >= 0.6 is 0 Å². The Morgan fingerprint density at radius 3 is 2.73 bits per heavy atom. The van der Waals surface area contributed by atoms with Gasteiger partial charge in [-0.25, -0.2) is 4.79 Å². The van der Waals surface area contributed by atoms with Gasteiger partial charge < -0.3 is 4.74 Å². The highest BCUT2D eigenvalue weighted by molar-refractivity contribution is 5.89. The van der Waals surface area contributed by atoms with Crippen LogP contribution < -0.4 is 0 Å². The van der Waals surface area contributed by atoms with Gasteiger partial charge >= 0.3 is 5.97 Å². The Balaban J connectivity index is 1.86. The summed E-state index contributed by atoms with van der Waals surface area (Å²) in [6, 6.07) is 9.68. The maximum atomic E-state index is 11.5. The number of rotatable bonds is 3. The molecule has 0 aromatic heterocycles. The number of hydrogen-bond donors (Lipinski definition) is 0. The van der Waals surface area contributed by atoms with Crippen LogP contribution in [0.5, 0.6) is 0 Å². The third-order valence-electron chi connectivity index (χ3n) is 2.25. The molecule has 15 heavy (non-hydrogen) atoms. The molecule has 76 valence electrons. The first-order valence-corrected chi connectivity index (χ1v) is 4.93. The van der Waals surface area contributed by atoms with Crippen LogP contribution in [0, 0.1) is 0 Å². The maximum absolute atomic E-state index is 11.5. The molecule has 1 aromatic carbocycles. The SMILES string of the molecule is O=C(OCc1ccccc1)C1=CC=CC1. The van der Waals surface area contributed by atoms with Crippen LogP contribution in [0.15, 0.2) is 54.1 Å². The van der Waals surface area contributed by atoms with Crippen molar-refractivity contribution in [2.75, 3.05) is 0 Å². The Hall–Kier alpha value is -1.83. The average molecular weight is 200 g/mol. The largest absolute Gasteiger partial charge is 0.457 e. The molecule has 1 aromatic rings. The van der Waals surface area contributed by atoms with E-state index >= 15 is 0 Å². The van der Waals surface area contributed by atoms with Crippen molar-refractivity contribution in [1.82, 2.24) is 0 Å². The monoisotopic (exact) mass is 200 g/mol. The number of carbonyl (C=O) groups excluding carboxylic acids is 1. The molecule has 2 rings (SSSR count). The second kappa shape index (κ2) is 4.60. The standard InChI is InChI=1S/C13H12O2/c14-13(12-8-4-5-9-12)15-10-11-6-2-1-3-7-11/h1-8H,9-10H2. The molecule has 2 nitrogen and oxygen atoms in total. The van der Waals surface area contributed by atoms with Crippen LogP contribution in [0.1, 0.15) is 12.0 Å². The lowest BCUT2D eigenvalue weighted by Crippen LogP contribution is -2.06. The van der Waals surface area contributed by atoms with E-state index in [2.05, 4.69) is 0 Å². The zero-order chi connectivity index (χ0) is 10.5. The van der Waals surface area contributed by atoms with E-state index in [0.29, 0.717) is 13.0 Å². The molecule has 0 heterocycles. The van der Waals surface area contributed by atoms with Gasteiger partial charge in [-0.1, -0.05) is 48.6 Å². The molecule has 0 unspecified atom stereocenters. The lowest BCUT2D eigenvalue weighted by molar-refractivity contribution is -0.140. The van der Waals surface area contributed by atoms with E-state index in [1.165, 1.54) is 0 Å². The van der Waals surface area contributed by atoms with Crippen molar-refractivity contribution < 1.29 is 9.53 Å². The molecule has 0 saturated heterocycles. The molecule has 0 amide bonds. The van der Waals surface area contributed by atoms with E-state index < -0.39 is 0 Å². The van der Waals surface area contributed by atoms with Gasteiger partial charge in [0, 0.05) is 5.57 Å². The summed E-state index contributed by atoms with van der Waals surface area (Å²) in [6.07, 6.45) is 6.30. The summed E-state index contributed by atoms with van der Waals surface area (Å²) in [6.45, 7) is 0.344. The first kappa shape index (κ1) is 9.71. The van der Waals surface area contributed by atoms with Crippen LogP contribution in [0.4, 0.5) is 0 Å². The first-order valence-electron chi connectivity index (χ1n) is 4.93. The Kier molecular flexibility index (Phi) is 2.98. The molecule has 0 aliphatic heterocycles. The van der Waals surface area contributed by atoms with Crippen molar-refractivity contribution in [3.8, 4) is 0 Å². The van der Waals surface area contributed by atoms with E-state index in [1.807, 2.05) is 42.5 Å². The van der Waals surface area contributed by atoms with Gasteiger partial charge in [0.05, 0.1) is 0 Å². The lowest BCUT2D eigenvalue weighted by Gasteiger charge is -2.04. The third-order valence-corrected chi connectivity index (χ3v) is 2.25. The summed E-state index contributed by atoms with van der Waals surface area (Å²) in [7, 11) is 0. The Morgan fingerprint density at radius 1 is 1.27 bits per heavy atom. The van der Waals surface area contributed by atoms with E-state index in [1.54, 1.807) is 6.08 Å². The van der Waals surface area contributed by atoms with Gasteiger partial charge in [0.15, 0.2) is 0 Å². The van der Waals surface area contributed by atoms with Gasteiger partial charge in [-0.3, -0.25) is 0 Å². The normalized spacial score (nSPS) is 13.7. The second-order valence-electron chi connectivity index (χ2n) is 3.39. The summed E-state index contributed by atoms with van der Waals surface area (Å²) in [4.78, 5) is 11.5. The fourth-order valence-corrected chi connectivity index (χ4v) is 1.41. The fraction of sp³-hybridized carbons (Fsp3) is 0.154. The van der Waals surface area contributed by atoms with Crippen molar-refractivity contribution >= 4 is 5.97 Å². The molecular formula is C13H12O2. The Labute approximate surface area is 88.9 Å². The van der Waals surface area contributed by atoms with Crippen molar-refractivity contribution in [3.63, 3.8) is 0 Å². The maximum Gasteiger partial charge on any atom is 0.334 e. The minimum atomic E-state index is -0.219. The quantitative estimate of drug-likeness (QED) is 0.701. The third kappa shape index (κ3) is 2.56. The number of benzene rings is 1. The lowest BCUT2D eigenvalue weighted by atomic mass is 10.2. The average Bonchev–Trinajstić information content (AvgIpc) is 2.81. The summed E-state index contributed by atoms with van der Waals surface area (Å²) < 4.78 is 5.16. The summed E-state index contributed by atoms with van der Waals surface area (Å²) >= 11 is 0. The number of ether oxygens (including phenoxy) is 1. The van der Waals surface area contributed by atoms with Gasteiger partial charge in [-0.2, -0.15) is 0 Å². The number of hydrogen-bond acceptors (Lipinski definition) is 2. The van der Waals surface area contributed by atoms with E-state index in [9.17, 15) is 4.79 Å². The van der Waals surface area contributed by atoms with Crippen molar-refractivity contribution in [2.45, 2.75) is 13.0 Å². The van der Waals surface area contributed by atoms with Gasteiger partial charge in [0.25, 0.3) is 0 Å². The number of carbonyl (C=O) groups is 1. The molecule has 0 saturated carbocycles. The minimum Gasteiger partial charge on any atom is -0.457 e. The van der Waals surface area contributed by atoms with Crippen LogP contribution in [0.3, 0.4) is 0 Å². The van der Waals surface area contributed by atoms with E-state index in [0.717, 1.165) is 11.1 Å². The van der Waals surface area contributed by atoms with Crippen LogP contribution in [0.2, 0.25) is 0 Å². The molecule has 0 fully saturated rings. The second-order valence-corrected chi connectivity index (χ2v) is 3.39. The van der Waals surface area contributed by atoms with Crippen LogP contribution in [-0.2, 0) is 16.1 Å². The van der Waals surface area contributed by atoms with Crippen LogP contribution in [0.25, 0.3) is 0 Å². The number of allylic oxidation sites excluding steroid dienone is 3. The summed E-state index contributed by atoms with van der Waals surface area (Å²) in [5.41, 5.74) is 1.74. The minimum absolute atomic E-state index is 0.219. The van der Waals surface area contributed by atoms with Crippen molar-refractivity contribution in [3.05, 3.63) is 59.7 Å². The first-order chi connectivity index (χ1) is 7.36. The molecule has 0 radical (unpaired) electrons. The predicted molar refractivity (Wildman–Crippen MR) is 58.1 cm³/mol. The Morgan fingerprint density at radius 2 is 2.07 bits per heavy atom. The molecule has 0 N–H and O–H groups in total. The predicted octanol–water partition coefficient (Wildman–Crippen LogP) is 2.62. The van der Waals surface area contributed by atoms with Crippen LogP contribution in [-0.4, -0.2) is 5.97 Å². The van der Waals surface area contributed by atoms with Gasteiger partial charge in [-0.05, 0) is 12.0 Å². The van der Waals surface area contributed by atoms with Gasteiger partial charge in [0.1, 0.15) is 6.61 Å². The molecule has 0 bridgehead atoms. The zero-order valence-corrected chi connectivity index (χ0v) is 8.35. The zero-order valence-electron chi connectivity index (χ0n) is 8.35. The van der Waals surface area contributed by atoms with Crippen molar-refractivity contribution in [2.24, 2.45) is 0 Å². The molecular weight excluding hydrogens is 188 g/mol. The number of esters is 1. The molecule has 0 atom stereocenters. The molecule has 0 spiro atoms. The Bertz CT molecular complexity index is 402. The highest BCUT2D eigenvalue weighted by Gasteiger charge is 2.11. The van der Waals surface area contributed by atoms with Gasteiger partial charge in [0.2, 0.25) is 0 Å². The summed E-state index contributed by atoms with van der Waals surface area (Å²) in [5.74, 6) is -0.219. The highest BCUT2D eigenvalue weighted by atomic mass is 16.5. The molecule has 2 heteroatoms. The highest BCUT2D eigenvalue weighted by Crippen LogP contribution is 2.13. The van der Waals surface area contributed by atoms with Crippen molar-refractivity contribution in [1.29, 1.82) is 0 Å². The van der Waals surface area contributed by atoms with E-state index in [4.69, 9.17) is 4.74 Å². The van der Waals surface area contributed by atoms with Gasteiger partial charge in [-0.15, -0.1) is 0 Å². The molecule has 1 aliphatic rings. The fourth-order valence-electron chi connectivity index (χ4n) is 1.41. The topological polar surface area (TPSA) is 26.3 Å². The summed E-state index contributed by atoms with van der Waals surface area (Å²) in [5, 5.41) is 0. The molecule has 1 aliphatic carbocycles.